The van der Waals surface area contributed by atoms with Gasteiger partial charge in [-0.1, -0.05) is 25.0 Å². The second-order valence-electron chi connectivity index (χ2n) is 7.40. The van der Waals surface area contributed by atoms with Gasteiger partial charge in [0.2, 0.25) is 5.91 Å². The largest absolute Gasteiger partial charge is 0.496 e. The normalized spacial score (nSPS) is 20.6. The number of hydrogen-bond donors (Lipinski definition) is 2. The Morgan fingerprint density at radius 1 is 1.38 bits per heavy atom. The van der Waals surface area contributed by atoms with Crippen molar-refractivity contribution in [3.05, 3.63) is 29.3 Å². The molecule has 2 fully saturated rings. The highest BCUT2D eigenvalue weighted by atomic mass is 16.5. The monoisotopic (exact) mass is 331 g/mol. The van der Waals surface area contributed by atoms with E-state index in [1.54, 1.807) is 7.11 Å². The van der Waals surface area contributed by atoms with Crippen molar-refractivity contribution < 1.29 is 14.6 Å². The van der Waals surface area contributed by atoms with Crippen molar-refractivity contribution in [1.29, 1.82) is 0 Å². The van der Waals surface area contributed by atoms with Crippen LogP contribution in [-0.4, -0.2) is 30.8 Å². The molecule has 0 aromatic heterocycles. The quantitative estimate of drug-likeness (QED) is 0.807. The number of carbonyl (C=O) groups is 1. The van der Waals surface area contributed by atoms with E-state index in [1.807, 2.05) is 19.1 Å². The molecule has 0 radical (unpaired) electrons. The van der Waals surface area contributed by atoms with Crippen molar-refractivity contribution in [3.8, 4) is 5.75 Å². The Kier molecular flexibility index (Phi) is 5.14. The smallest absolute Gasteiger partial charge is 0.230 e. The Morgan fingerprint density at radius 3 is 2.67 bits per heavy atom. The number of nitrogens with one attached hydrogen (secondary N) is 1. The van der Waals surface area contributed by atoms with Crippen LogP contribution in [0.2, 0.25) is 0 Å². The number of aliphatic hydroxyl groups is 1. The summed E-state index contributed by atoms with van der Waals surface area (Å²) in [4.78, 5) is 13.2. The van der Waals surface area contributed by atoms with E-state index in [9.17, 15) is 9.90 Å². The number of aliphatic hydroxyl groups excluding tert-OH is 1. The molecule has 132 valence electrons. The molecular formula is C20H29NO3. The van der Waals surface area contributed by atoms with Gasteiger partial charge in [-0.25, -0.2) is 0 Å². The molecule has 24 heavy (non-hydrogen) atoms. The van der Waals surface area contributed by atoms with Crippen molar-refractivity contribution in [2.45, 2.75) is 63.3 Å². The zero-order chi connectivity index (χ0) is 17.2. The molecule has 2 aliphatic rings. The van der Waals surface area contributed by atoms with Crippen molar-refractivity contribution in [1.82, 2.24) is 5.32 Å². The van der Waals surface area contributed by atoms with Gasteiger partial charge in [0.15, 0.2) is 0 Å². The van der Waals surface area contributed by atoms with Crippen LogP contribution in [0.4, 0.5) is 0 Å². The predicted molar refractivity (Wildman–Crippen MR) is 94.2 cm³/mol. The third-order valence-electron chi connectivity index (χ3n) is 5.80. The first-order chi connectivity index (χ1) is 11.6. The van der Waals surface area contributed by atoms with Crippen LogP contribution in [-0.2, 0) is 10.2 Å². The fraction of sp³-hybridized carbons (Fsp3) is 0.650. The number of benzene rings is 1. The van der Waals surface area contributed by atoms with Gasteiger partial charge in [0.25, 0.3) is 0 Å². The van der Waals surface area contributed by atoms with Crippen molar-refractivity contribution in [3.63, 3.8) is 0 Å². The maximum Gasteiger partial charge on any atom is 0.230 e. The molecule has 0 saturated heterocycles. The zero-order valence-corrected chi connectivity index (χ0v) is 14.8. The lowest BCUT2D eigenvalue weighted by Gasteiger charge is -2.31. The first-order valence-electron chi connectivity index (χ1n) is 9.17. The van der Waals surface area contributed by atoms with Gasteiger partial charge in [0.05, 0.1) is 12.5 Å². The summed E-state index contributed by atoms with van der Waals surface area (Å²) in [7, 11) is 1.68. The summed E-state index contributed by atoms with van der Waals surface area (Å²) < 4.78 is 5.47. The average Bonchev–Trinajstić information content (AvgIpc) is 3.31. The first kappa shape index (κ1) is 17.3. The molecule has 1 amide bonds. The molecule has 2 aliphatic carbocycles. The summed E-state index contributed by atoms with van der Waals surface area (Å²) in [5.41, 5.74) is 1.72. The second kappa shape index (κ2) is 7.14. The second-order valence-corrected chi connectivity index (χ2v) is 7.40. The van der Waals surface area contributed by atoms with E-state index in [4.69, 9.17) is 4.74 Å². The van der Waals surface area contributed by atoms with Crippen LogP contribution in [0.1, 0.15) is 56.1 Å². The van der Waals surface area contributed by atoms with Gasteiger partial charge in [-0.2, -0.15) is 0 Å². The van der Waals surface area contributed by atoms with E-state index >= 15 is 0 Å². The predicted octanol–water partition coefficient (Wildman–Crippen LogP) is 3.09. The van der Waals surface area contributed by atoms with Gasteiger partial charge in [0.1, 0.15) is 5.75 Å². The number of rotatable bonds is 7. The van der Waals surface area contributed by atoms with Crippen LogP contribution in [0, 0.1) is 12.8 Å². The minimum Gasteiger partial charge on any atom is -0.496 e. The maximum atomic E-state index is 13.2. The highest BCUT2D eigenvalue weighted by molar-refractivity contribution is 5.89. The van der Waals surface area contributed by atoms with Crippen molar-refractivity contribution in [2.75, 3.05) is 13.7 Å². The van der Waals surface area contributed by atoms with E-state index < -0.39 is 5.41 Å². The Labute approximate surface area is 144 Å². The highest BCUT2D eigenvalue weighted by Crippen LogP contribution is 2.43. The van der Waals surface area contributed by atoms with Crippen LogP contribution in [0.25, 0.3) is 0 Å². The topological polar surface area (TPSA) is 58.6 Å². The number of amides is 1. The zero-order valence-electron chi connectivity index (χ0n) is 14.8. The van der Waals surface area contributed by atoms with Gasteiger partial charge < -0.3 is 15.2 Å². The molecule has 1 atom stereocenters. The summed E-state index contributed by atoms with van der Waals surface area (Å²) in [5, 5.41) is 12.6. The van der Waals surface area contributed by atoms with Crippen LogP contribution in [0.15, 0.2) is 18.2 Å². The van der Waals surface area contributed by atoms with Gasteiger partial charge in [-0.05, 0) is 62.1 Å². The fourth-order valence-electron chi connectivity index (χ4n) is 4.11. The summed E-state index contributed by atoms with van der Waals surface area (Å²) in [6.45, 7) is 2.15. The molecule has 1 aromatic carbocycles. The number of aryl methyl sites for hydroxylation is 1. The molecule has 1 unspecified atom stereocenters. The minimum absolute atomic E-state index is 0.118. The van der Waals surface area contributed by atoms with Gasteiger partial charge >= 0.3 is 0 Å². The molecule has 3 rings (SSSR count). The summed E-state index contributed by atoms with van der Waals surface area (Å²) in [6, 6.07) is 6.29. The fourth-order valence-corrected chi connectivity index (χ4v) is 4.11. The first-order valence-corrected chi connectivity index (χ1v) is 9.17. The molecule has 0 aliphatic heterocycles. The van der Waals surface area contributed by atoms with Gasteiger partial charge in [-0.3, -0.25) is 4.79 Å². The van der Waals surface area contributed by atoms with Crippen LogP contribution >= 0.6 is 0 Å². The number of methoxy groups -OCH3 is 1. The molecular weight excluding hydrogens is 302 g/mol. The highest BCUT2D eigenvalue weighted by Gasteiger charge is 2.44. The molecule has 2 N–H and O–H groups in total. The van der Waals surface area contributed by atoms with Crippen molar-refractivity contribution in [2.24, 2.45) is 5.92 Å². The minimum atomic E-state index is -0.441. The lowest BCUT2D eigenvalue weighted by Crippen LogP contribution is -2.48. The van der Waals surface area contributed by atoms with Gasteiger partial charge in [-0.15, -0.1) is 0 Å². The molecule has 4 heteroatoms. The van der Waals surface area contributed by atoms with E-state index in [1.165, 1.54) is 0 Å². The number of carbonyl (C=O) groups excluding carboxylic acids is 1. The van der Waals surface area contributed by atoms with Gasteiger partial charge in [0, 0.05) is 12.6 Å². The third-order valence-corrected chi connectivity index (χ3v) is 5.80. The lowest BCUT2D eigenvalue weighted by atomic mass is 9.77. The van der Waals surface area contributed by atoms with E-state index in [-0.39, 0.29) is 18.6 Å². The van der Waals surface area contributed by atoms with Crippen molar-refractivity contribution >= 4 is 5.91 Å². The number of hydrogen-bond acceptors (Lipinski definition) is 3. The lowest BCUT2D eigenvalue weighted by molar-refractivity contribution is -0.127. The standard InChI is InChI=1S/C20H29NO3/c1-14-5-8-16(13-18(14)24-2)20(10-3-4-11-20)19(23)21-17(9-12-22)15-6-7-15/h5,8,13,15,17,22H,3-4,6-7,9-12H2,1-2H3,(H,21,23). The Balaban J connectivity index is 1.86. The Bertz CT molecular complexity index is 589. The van der Waals surface area contributed by atoms with E-state index in [0.717, 1.165) is 55.4 Å². The molecule has 2 saturated carbocycles. The molecule has 0 heterocycles. The van der Waals surface area contributed by atoms with Crippen LogP contribution in [0.5, 0.6) is 5.75 Å². The summed E-state index contributed by atoms with van der Waals surface area (Å²) in [6.07, 6.45) is 6.93. The summed E-state index contributed by atoms with van der Waals surface area (Å²) >= 11 is 0. The summed E-state index contributed by atoms with van der Waals surface area (Å²) in [5.74, 6) is 1.53. The SMILES string of the molecule is COc1cc(C2(C(=O)NC(CCO)C3CC3)CCCC2)ccc1C. The third kappa shape index (κ3) is 3.30. The average molecular weight is 331 g/mol. The van der Waals surface area contributed by atoms with E-state index in [2.05, 4.69) is 11.4 Å². The maximum absolute atomic E-state index is 13.2. The molecule has 0 spiro atoms. The Hall–Kier alpha value is -1.55. The number of ether oxygens (including phenoxy) is 1. The molecule has 4 nitrogen and oxygen atoms in total. The van der Waals surface area contributed by atoms with Crippen LogP contribution < -0.4 is 10.1 Å². The van der Waals surface area contributed by atoms with E-state index in [0.29, 0.717) is 12.3 Å². The molecule has 1 aromatic rings. The molecule has 0 bridgehead atoms. The Morgan fingerprint density at radius 2 is 2.08 bits per heavy atom. The van der Waals surface area contributed by atoms with Crippen LogP contribution in [0.3, 0.4) is 0 Å².